The molecular weight excluding hydrogens is 522 g/mol. The lowest BCUT2D eigenvalue weighted by Gasteiger charge is -2.31. The minimum absolute atomic E-state index is 0. The first-order valence-electron chi connectivity index (χ1n) is 11.4. The molecule has 1 unspecified atom stereocenters. The average molecular weight is 563 g/mol. The van der Waals surface area contributed by atoms with Crippen molar-refractivity contribution in [2.24, 2.45) is 16.8 Å². The number of methoxy groups -OCH3 is 1. The second kappa shape index (κ2) is 14.7. The highest BCUT2D eigenvalue weighted by Crippen LogP contribution is 2.22. The van der Waals surface area contributed by atoms with Gasteiger partial charge in [-0.15, -0.1) is 24.0 Å². The molecule has 10 heteroatoms. The summed E-state index contributed by atoms with van der Waals surface area (Å²) in [5.41, 5.74) is 0. The van der Waals surface area contributed by atoms with Gasteiger partial charge in [-0.3, -0.25) is 9.89 Å². The van der Waals surface area contributed by atoms with Gasteiger partial charge in [-0.05, 0) is 57.7 Å². The van der Waals surface area contributed by atoms with Gasteiger partial charge >= 0.3 is 6.18 Å². The molecule has 0 aromatic rings. The van der Waals surface area contributed by atoms with Gasteiger partial charge in [-0.1, -0.05) is 6.92 Å². The maximum absolute atomic E-state index is 12.7. The molecule has 2 heterocycles. The highest BCUT2D eigenvalue weighted by Gasteiger charge is 2.33. The Morgan fingerprint density at radius 3 is 2.39 bits per heavy atom. The quantitative estimate of drug-likeness (QED) is 0.252. The maximum Gasteiger partial charge on any atom is 0.401 e. The Bertz CT molecular complexity index is 516. The first-order chi connectivity index (χ1) is 14.3. The van der Waals surface area contributed by atoms with E-state index in [-0.39, 0.29) is 29.9 Å². The van der Waals surface area contributed by atoms with E-state index in [1.54, 1.807) is 14.0 Å². The molecule has 0 aromatic heterocycles. The molecule has 1 N–H and O–H groups in total. The zero-order chi connectivity index (χ0) is 22.0. The fourth-order valence-electron chi connectivity index (χ4n) is 4.35. The number of hydrogen-bond acceptors (Lipinski definition) is 4. The van der Waals surface area contributed by atoms with E-state index in [1.807, 2.05) is 0 Å². The molecule has 2 aliphatic rings. The standard InChI is InChI=1S/C21H40F3N5O.HI/c1-4-25-20(26-14-18-6-9-28(10-7-18)12-13-30-3)29-11-8-19(16-29)15-27(5-2)17-21(22,23)24;/h18-19H,4-17H2,1-3H3,(H,25,26);1H. The predicted octanol–water partition coefficient (Wildman–Crippen LogP) is 3.13. The molecule has 6 nitrogen and oxygen atoms in total. The normalized spacial score (nSPS) is 21.6. The lowest BCUT2D eigenvalue weighted by molar-refractivity contribution is -0.146. The van der Waals surface area contributed by atoms with E-state index < -0.39 is 12.7 Å². The molecule has 2 aliphatic heterocycles. The Hall–Kier alpha value is -0.330. The van der Waals surface area contributed by atoms with Crippen molar-refractivity contribution in [3.8, 4) is 0 Å². The van der Waals surface area contributed by atoms with Crippen LogP contribution in [0.2, 0.25) is 0 Å². The summed E-state index contributed by atoms with van der Waals surface area (Å²) in [7, 11) is 1.74. The van der Waals surface area contributed by atoms with Gasteiger partial charge < -0.3 is 19.9 Å². The molecule has 0 aliphatic carbocycles. The molecule has 0 bridgehead atoms. The number of piperidine rings is 1. The highest BCUT2D eigenvalue weighted by molar-refractivity contribution is 14.0. The number of ether oxygens (including phenoxy) is 1. The summed E-state index contributed by atoms with van der Waals surface area (Å²) in [6, 6.07) is 0. The van der Waals surface area contributed by atoms with Crippen molar-refractivity contribution in [1.82, 2.24) is 20.0 Å². The summed E-state index contributed by atoms with van der Waals surface area (Å²) < 4.78 is 43.4. The minimum atomic E-state index is -4.14. The van der Waals surface area contributed by atoms with Crippen LogP contribution >= 0.6 is 24.0 Å². The molecular formula is C21H41F3IN5O. The van der Waals surface area contributed by atoms with E-state index in [2.05, 4.69) is 22.0 Å². The third kappa shape index (κ3) is 10.9. The van der Waals surface area contributed by atoms with Crippen LogP contribution in [0.1, 0.15) is 33.1 Å². The summed E-state index contributed by atoms with van der Waals surface area (Å²) >= 11 is 0. The molecule has 0 saturated carbocycles. The van der Waals surface area contributed by atoms with Gasteiger partial charge in [-0.2, -0.15) is 13.2 Å². The number of alkyl halides is 3. The summed E-state index contributed by atoms with van der Waals surface area (Å²) in [5.74, 6) is 1.76. The second-order valence-corrected chi connectivity index (χ2v) is 8.52. The summed E-state index contributed by atoms with van der Waals surface area (Å²) in [5, 5.41) is 3.38. The van der Waals surface area contributed by atoms with Crippen LogP contribution < -0.4 is 5.32 Å². The highest BCUT2D eigenvalue weighted by atomic mass is 127. The van der Waals surface area contributed by atoms with Crippen molar-refractivity contribution in [1.29, 1.82) is 0 Å². The maximum atomic E-state index is 12.7. The van der Waals surface area contributed by atoms with Crippen LogP contribution in [0.4, 0.5) is 13.2 Å². The van der Waals surface area contributed by atoms with Crippen molar-refractivity contribution in [2.75, 3.05) is 79.2 Å². The number of aliphatic imine (C=N–C) groups is 1. The fraction of sp³-hybridized carbons (Fsp3) is 0.952. The van der Waals surface area contributed by atoms with Gasteiger partial charge in [0.1, 0.15) is 0 Å². The molecule has 184 valence electrons. The summed E-state index contributed by atoms with van der Waals surface area (Å²) in [6.45, 7) is 11.2. The molecule has 0 amide bonds. The molecule has 2 fully saturated rings. The molecule has 1 atom stereocenters. The molecule has 2 saturated heterocycles. The third-order valence-corrected chi connectivity index (χ3v) is 6.10. The van der Waals surface area contributed by atoms with Crippen LogP contribution in [-0.2, 0) is 4.74 Å². The van der Waals surface area contributed by atoms with Crippen LogP contribution in [0.25, 0.3) is 0 Å². The van der Waals surface area contributed by atoms with Gasteiger partial charge in [-0.25, -0.2) is 0 Å². The summed E-state index contributed by atoms with van der Waals surface area (Å²) in [4.78, 5) is 11.1. The van der Waals surface area contributed by atoms with Gasteiger partial charge in [0.15, 0.2) is 5.96 Å². The van der Waals surface area contributed by atoms with E-state index in [0.717, 1.165) is 77.6 Å². The van der Waals surface area contributed by atoms with Gasteiger partial charge in [0.2, 0.25) is 0 Å². The number of hydrogen-bond donors (Lipinski definition) is 1. The van der Waals surface area contributed by atoms with Crippen molar-refractivity contribution in [3.05, 3.63) is 0 Å². The number of guanidine groups is 1. The lowest BCUT2D eigenvalue weighted by atomic mass is 9.97. The predicted molar refractivity (Wildman–Crippen MR) is 130 cm³/mol. The van der Waals surface area contributed by atoms with E-state index in [9.17, 15) is 13.2 Å². The largest absolute Gasteiger partial charge is 0.401 e. The number of likely N-dealkylation sites (tertiary alicyclic amines) is 2. The fourth-order valence-corrected chi connectivity index (χ4v) is 4.35. The zero-order valence-electron chi connectivity index (χ0n) is 19.3. The molecule has 0 aromatic carbocycles. The van der Waals surface area contributed by atoms with E-state index in [1.165, 1.54) is 4.90 Å². The van der Waals surface area contributed by atoms with Gasteiger partial charge in [0.25, 0.3) is 0 Å². The number of halogens is 4. The number of nitrogens with one attached hydrogen (secondary N) is 1. The van der Waals surface area contributed by atoms with E-state index >= 15 is 0 Å². The summed E-state index contributed by atoms with van der Waals surface area (Å²) in [6.07, 6.45) is -0.920. The van der Waals surface area contributed by atoms with Crippen molar-refractivity contribution >= 4 is 29.9 Å². The molecule has 2 rings (SSSR count). The van der Waals surface area contributed by atoms with Crippen LogP contribution in [0.5, 0.6) is 0 Å². The Balaban J connectivity index is 0.00000480. The lowest BCUT2D eigenvalue weighted by Crippen LogP contribution is -2.42. The smallest absolute Gasteiger partial charge is 0.383 e. The van der Waals surface area contributed by atoms with Crippen LogP contribution in [-0.4, -0.2) is 106 Å². The van der Waals surface area contributed by atoms with E-state index in [4.69, 9.17) is 9.73 Å². The Labute approximate surface area is 203 Å². The van der Waals surface area contributed by atoms with Crippen LogP contribution in [0, 0.1) is 11.8 Å². The molecule has 0 radical (unpaired) electrons. The Morgan fingerprint density at radius 2 is 1.81 bits per heavy atom. The second-order valence-electron chi connectivity index (χ2n) is 8.52. The monoisotopic (exact) mass is 563 g/mol. The molecule has 31 heavy (non-hydrogen) atoms. The molecule has 0 spiro atoms. The number of nitrogens with zero attached hydrogens (tertiary/aromatic N) is 4. The first-order valence-corrected chi connectivity index (χ1v) is 11.4. The van der Waals surface area contributed by atoms with Crippen molar-refractivity contribution in [3.63, 3.8) is 0 Å². The SMILES string of the molecule is CCNC(=NCC1CCN(CCOC)CC1)N1CCC(CN(CC)CC(F)(F)F)C1.I. The average Bonchev–Trinajstić information content (AvgIpc) is 3.17. The van der Waals surface area contributed by atoms with Crippen LogP contribution in [0.3, 0.4) is 0 Å². The Morgan fingerprint density at radius 1 is 1.13 bits per heavy atom. The van der Waals surface area contributed by atoms with Crippen LogP contribution in [0.15, 0.2) is 4.99 Å². The van der Waals surface area contributed by atoms with Crippen molar-refractivity contribution in [2.45, 2.75) is 39.3 Å². The van der Waals surface area contributed by atoms with Gasteiger partial charge in [0.05, 0.1) is 13.2 Å². The third-order valence-electron chi connectivity index (χ3n) is 6.10. The number of rotatable bonds is 10. The van der Waals surface area contributed by atoms with E-state index in [0.29, 0.717) is 19.0 Å². The minimum Gasteiger partial charge on any atom is -0.383 e. The first kappa shape index (κ1) is 28.7. The van der Waals surface area contributed by atoms with Gasteiger partial charge in [0, 0.05) is 46.4 Å². The van der Waals surface area contributed by atoms with Crippen molar-refractivity contribution < 1.29 is 17.9 Å². The zero-order valence-corrected chi connectivity index (χ0v) is 21.6. The Kier molecular flexibility index (Phi) is 13.7. The topological polar surface area (TPSA) is 43.3 Å².